The molecule has 6 heteroatoms. The Morgan fingerprint density at radius 1 is 1.21 bits per heavy atom. The molecular formula is C22H35NO5. The fraction of sp³-hybridized carbons (Fsp3) is 0.727. The van der Waals surface area contributed by atoms with Gasteiger partial charge in [-0.2, -0.15) is 0 Å². The maximum Gasteiger partial charge on any atom is 0.161 e. The number of aliphatic hydroxyl groups is 1. The number of methoxy groups -OCH3 is 2. The summed E-state index contributed by atoms with van der Waals surface area (Å²) in [6, 6.07) is 4.36. The number of hydrogen-bond donors (Lipinski definition) is 1. The highest BCUT2D eigenvalue weighted by atomic mass is 16.5. The summed E-state index contributed by atoms with van der Waals surface area (Å²) < 4.78 is 22.9. The molecule has 158 valence electrons. The maximum atomic E-state index is 10.7. The number of aliphatic hydroxyl groups excluding tert-OH is 1. The second-order valence-electron chi connectivity index (χ2n) is 8.89. The van der Waals surface area contributed by atoms with Gasteiger partial charge in [-0.05, 0) is 63.8 Å². The molecule has 1 aromatic carbocycles. The second-order valence-corrected chi connectivity index (χ2v) is 8.89. The van der Waals surface area contributed by atoms with Crippen molar-refractivity contribution < 1.29 is 24.1 Å². The largest absolute Gasteiger partial charge is 0.493 e. The summed E-state index contributed by atoms with van der Waals surface area (Å²) >= 11 is 0. The van der Waals surface area contributed by atoms with Gasteiger partial charge in [0.2, 0.25) is 0 Å². The zero-order valence-electron chi connectivity index (χ0n) is 18.0. The van der Waals surface area contributed by atoms with Crippen molar-refractivity contribution in [2.24, 2.45) is 0 Å². The molecule has 1 saturated heterocycles. The third-order valence-corrected chi connectivity index (χ3v) is 5.58. The van der Waals surface area contributed by atoms with Crippen molar-refractivity contribution in [1.29, 1.82) is 0 Å². The quantitative estimate of drug-likeness (QED) is 0.802. The molecule has 0 aliphatic carbocycles. The number of fused-ring (bicyclic) bond motifs is 3. The lowest BCUT2D eigenvalue weighted by atomic mass is 9.84. The fourth-order valence-electron chi connectivity index (χ4n) is 4.11. The predicted molar refractivity (Wildman–Crippen MR) is 108 cm³/mol. The van der Waals surface area contributed by atoms with Crippen LogP contribution in [0.25, 0.3) is 0 Å². The van der Waals surface area contributed by atoms with Crippen LogP contribution < -0.4 is 9.47 Å². The molecule has 0 spiro atoms. The Bertz CT molecular complexity index is 672. The van der Waals surface area contributed by atoms with Crippen LogP contribution in [0.5, 0.6) is 11.5 Å². The summed E-state index contributed by atoms with van der Waals surface area (Å²) in [6.07, 6.45) is 1.00. The maximum absolute atomic E-state index is 10.7. The van der Waals surface area contributed by atoms with E-state index in [1.165, 1.54) is 11.1 Å². The lowest BCUT2D eigenvalue weighted by Gasteiger charge is -2.46. The van der Waals surface area contributed by atoms with Crippen molar-refractivity contribution in [3.8, 4) is 11.5 Å². The molecule has 0 aromatic heterocycles. The smallest absolute Gasteiger partial charge is 0.161 e. The molecule has 2 heterocycles. The van der Waals surface area contributed by atoms with Gasteiger partial charge >= 0.3 is 0 Å². The van der Waals surface area contributed by atoms with Gasteiger partial charge in [0.25, 0.3) is 0 Å². The second kappa shape index (κ2) is 8.57. The van der Waals surface area contributed by atoms with Crippen LogP contribution in [0.4, 0.5) is 0 Å². The van der Waals surface area contributed by atoms with Gasteiger partial charge in [-0.15, -0.1) is 0 Å². The van der Waals surface area contributed by atoms with Crippen molar-refractivity contribution in [2.75, 3.05) is 33.9 Å². The van der Waals surface area contributed by atoms with Crippen LogP contribution in [0.3, 0.4) is 0 Å². The van der Waals surface area contributed by atoms with Crippen molar-refractivity contribution in [3.63, 3.8) is 0 Å². The lowest BCUT2D eigenvalue weighted by Crippen LogP contribution is -2.53. The molecule has 0 radical (unpaired) electrons. The van der Waals surface area contributed by atoms with Crippen molar-refractivity contribution >= 4 is 0 Å². The number of benzene rings is 1. The molecule has 3 unspecified atom stereocenters. The Labute approximate surface area is 168 Å². The van der Waals surface area contributed by atoms with Crippen molar-refractivity contribution in [3.05, 3.63) is 23.3 Å². The van der Waals surface area contributed by atoms with Crippen LogP contribution in [-0.4, -0.2) is 67.8 Å². The molecule has 0 saturated carbocycles. The van der Waals surface area contributed by atoms with Gasteiger partial charge in [0.1, 0.15) is 6.61 Å². The number of nitrogens with zero attached hydrogens (tertiary/aromatic N) is 1. The van der Waals surface area contributed by atoms with E-state index in [1.54, 1.807) is 14.2 Å². The first-order valence-electron chi connectivity index (χ1n) is 10.2. The Hall–Kier alpha value is -1.34. The monoisotopic (exact) mass is 393 g/mol. The van der Waals surface area contributed by atoms with Gasteiger partial charge in [0.15, 0.2) is 11.5 Å². The summed E-state index contributed by atoms with van der Waals surface area (Å²) in [7, 11) is 3.34. The first kappa shape index (κ1) is 21.4. The van der Waals surface area contributed by atoms with E-state index in [-0.39, 0.29) is 23.9 Å². The number of piperidine rings is 1. The first-order chi connectivity index (χ1) is 13.2. The van der Waals surface area contributed by atoms with E-state index in [2.05, 4.69) is 17.0 Å². The molecule has 0 bridgehead atoms. The molecule has 2 aliphatic rings. The van der Waals surface area contributed by atoms with Crippen LogP contribution >= 0.6 is 0 Å². The first-order valence-corrected chi connectivity index (χ1v) is 10.2. The highest BCUT2D eigenvalue weighted by molar-refractivity contribution is 5.49. The molecule has 4 atom stereocenters. The van der Waals surface area contributed by atoms with Gasteiger partial charge in [-0.25, -0.2) is 0 Å². The molecule has 2 aliphatic heterocycles. The molecule has 3 rings (SSSR count). The number of rotatable bonds is 6. The SMILES string of the molecule is COc1cc2c(cc1OC[C@H](C)OC)CCN1CC(OC(C)(C)C)C(O)CC21. The fourth-order valence-corrected chi connectivity index (χ4v) is 4.11. The highest BCUT2D eigenvalue weighted by Gasteiger charge is 2.40. The summed E-state index contributed by atoms with van der Waals surface area (Å²) in [5, 5.41) is 10.7. The van der Waals surface area contributed by atoms with Gasteiger partial charge in [0.05, 0.1) is 31.0 Å². The average molecular weight is 394 g/mol. The summed E-state index contributed by atoms with van der Waals surface area (Å²) in [6.45, 7) is 10.3. The minimum atomic E-state index is -0.476. The number of hydrogen-bond acceptors (Lipinski definition) is 6. The zero-order valence-corrected chi connectivity index (χ0v) is 18.0. The Kier molecular flexibility index (Phi) is 6.54. The van der Waals surface area contributed by atoms with Crippen LogP contribution in [0, 0.1) is 0 Å². The van der Waals surface area contributed by atoms with Gasteiger partial charge < -0.3 is 24.1 Å². The zero-order chi connectivity index (χ0) is 20.5. The molecule has 6 nitrogen and oxygen atoms in total. The van der Waals surface area contributed by atoms with Crippen LogP contribution in [0.1, 0.15) is 51.3 Å². The van der Waals surface area contributed by atoms with Crippen molar-refractivity contribution in [1.82, 2.24) is 4.90 Å². The molecule has 1 aromatic rings. The van der Waals surface area contributed by atoms with Gasteiger partial charge in [-0.3, -0.25) is 4.90 Å². The molecule has 0 amide bonds. The van der Waals surface area contributed by atoms with Crippen molar-refractivity contribution in [2.45, 2.75) is 70.5 Å². The summed E-state index contributed by atoms with van der Waals surface area (Å²) in [4.78, 5) is 2.43. The molecule has 1 N–H and O–H groups in total. The van der Waals surface area contributed by atoms with E-state index in [0.717, 1.165) is 31.0 Å². The molecule has 1 fully saturated rings. The minimum absolute atomic E-state index is 0.0180. The van der Waals surface area contributed by atoms with Crippen LogP contribution in [-0.2, 0) is 15.9 Å². The van der Waals surface area contributed by atoms with E-state index in [0.29, 0.717) is 13.0 Å². The predicted octanol–water partition coefficient (Wildman–Crippen LogP) is 2.96. The third kappa shape index (κ3) is 4.79. The third-order valence-electron chi connectivity index (χ3n) is 5.58. The van der Waals surface area contributed by atoms with Crippen LogP contribution in [0.15, 0.2) is 12.1 Å². The van der Waals surface area contributed by atoms with E-state index >= 15 is 0 Å². The van der Waals surface area contributed by atoms with Crippen LogP contribution in [0.2, 0.25) is 0 Å². The summed E-state index contributed by atoms with van der Waals surface area (Å²) in [5.41, 5.74) is 2.23. The standard InChI is InChI=1S/C22H35NO5/c1-14(25-5)13-27-20-9-15-7-8-23-12-21(28-22(2,3)4)18(24)11-17(23)16(15)10-19(20)26-6/h9-10,14,17-18,21,24H,7-8,11-13H2,1-6H3/t14-,17?,18?,21?/m0/s1. The lowest BCUT2D eigenvalue weighted by molar-refractivity contribution is -0.149. The minimum Gasteiger partial charge on any atom is -0.493 e. The van der Waals surface area contributed by atoms with E-state index in [4.69, 9.17) is 18.9 Å². The average Bonchev–Trinajstić information content (AvgIpc) is 2.64. The molecule has 28 heavy (non-hydrogen) atoms. The number of ether oxygens (including phenoxy) is 4. The van der Waals surface area contributed by atoms with E-state index in [9.17, 15) is 5.11 Å². The summed E-state index contributed by atoms with van der Waals surface area (Å²) in [5.74, 6) is 1.48. The highest BCUT2D eigenvalue weighted by Crippen LogP contribution is 2.42. The van der Waals surface area contributed by atoms with E-state index in [1.807, 2.05) is 27.7 Å². The van der Waals surface area contributed by atoms with Gasteiger partial charge in [0, 0.05) is 26.2 Å². The normalized spacial score (nSPS) is 26.3. The topological polar surface area (TPSA) is 60.4 Å². The van der Waals surface area contributed by atoms with Gasteiger partial charge in [-0.1, -0.05) is 0 Å². The Morgan fingerprint density at radius 3 is 2.61 bits per heavy atom. The van der Waals surface area contributed by atoms with E-state index < -0.39 is 6.10 Å². The Morgan fingerprint density at radius 2 is 1.96 bits per heavy atom. The molecular weight excluding hydrogens is 358 g/mol. The Balaban J connectivity index is 1.80.